The Labute approximate surface area is 95.9 Å². The van der Waals surface area contributed by atoms with Gasteiger partial charge >= 0.3 is 0 Å². The summed E-state index contributed by atoms with van der Waals surface area (Å²) < 4.78 is 6.22. The number of hydrogen-bond acceptors (Lipinski definition) is 3. The summed E-state index contributed by atoms with van der Waals surface area (Å²) in [5.74, 6) is 0.562. The molecule has 0 amide bonds. The first-order valence-electron chi connectivity index (χ1n) is 4.61. The van der Waals surface area contributed by atoms with Crippen LogP contribution in [0.4, 0.5) is 0 Å². The van der Waals surface area contributed by atoms with Crippen molar-refractivity contribution in [3.05, 3.63) is 40.9 Å². The second-order valence-corrected chi connectivity index (χ2v) is 4.03. The predicted molar refractivity (Wildman–Crippen MR) is 60.4 cm³/mol. The molecular formula is C11H10BrNO2. The molecule has 2 rings (SSSR count). The molecule has 0 unspecified atom stereocenters. The molecule has 0 aliphatic carbocycles. The van der Waals surface area contributed by atoms with Gasteiger partial charge in [-0.1, -0.05) is 28.1 Å². The first-order chi connectivity index (χ1) is 7.29. The van der Waals surface area contributed by atoms with Gasteiger partial charge in [0, 0.05) is 16.5 Å². The first-order valence-corrected chi connectivity index (χ1v) is 5.40. The van der Waals surface area contributed by atoms with Crippen molar-refractivity contribution < 1.29 is 9.52 Å². The minimum absolute atomic E-state index is 0.0540. The van der Waals surface area contributed by atoms with Crippen LogP contribution in [-0.4, -0.2) is 16.7 Å². The maximum absolute atomic E-state index is 8.74. The summed E-state index contributed by atoms with van der Waals surface area (Å²) >= 11 is 3.40. The highest BCUT2D eigenvalue weighted by Crippen LogP contribution is 2.22. The molecule has 0 saturated carbocycles. The van der Waals surface area contributed by atoms with Gasteiger partial charge in [-0.3, -0.25) is 0 Å². The smallest absolute Gasteiger partial charge is 0.196 e. The van der Waals surface area contributed by atoms with Crippen LogP contribution in [0, 0.1) is 0 Å². The zero-order valence-electron chi connectivity index (χ0n) is 7.98. The van der Waals surface area contributed by atoms with Gasteiger partial charge < -0.3 is 9.52 Å². The SMILES string of the molecule is OCCc1nc(-c2cccc(Br)c2)co1. The van der Waals surface area contributed by atoms with E-state index >= 15 is 0 Å². The minimum Gasteiger partial charge on any atom is -0.448 e. The van der Waals surface area contributed by atoms with Crippen molar-refractivity contribution in [1.29, 1.82) is 0 Å². The Morgan fingerprint density at radius 1 is 1.40 bits per heavy atom. The van der Waals surface area contributed by atoms with E-state index in [1.54, 1.807) is 6.26 Å². The van der Waals surface area contributed by atoms with E-state index in [-0.39, 0.29) is 6.61 Å². The van der Waals surface area contributed by atoms with Gasteiger partial charge in [0.05, 0.1) is 6.61 Å². The highest BCUT2D eigenvalue weighted by molar-refractivity contribution is 9.10. The second kappa shape index (κ2) is 4.59. The Morgan fingerprint density at radius 3 is 3.00 bits per heavy atom. The molecule has 78 valence electrons. The zero-order valence-corrected chi connectivity index (χ0v) is 9.57. The first kappa shape index (κ1) is 10.4. The summed E-state index contributed by atoms with van der Waals surface area (Å²) in [5.41, 5.74) is 1.79. The molecule has 1 aromatic heterocycles. The lowest BCUT2D eigenvalue weighted by Crippen LogP contribution is -1.90. The summed E-state index contributed by atoms with van der Waals surface area (Å²) in [7, 11) is 0. The standard InChI is InChI=1S/C11H10BrNO2/c12-9-3-1-2-8(6-9)10-7-15-11(13-10)4-5-14/h1-3,6-7,14H,4-5H2. The van der Waals surface area contributed by atoms with Crippen LogP contribution < -0.4 is 0 Å². The monoisotopic (exact) mass is 267 g/mol. The summed E-state index contributed by atoms with van der Waals surface area (Å²) in [5, 5.41) is 8.74. The fourth-order valence-corrected chi connectivity index (χ4v) is 1.70. The van der Waals surface area contributed by atoms with Gasteiger partial charge in [-0.2, -0.15) is 0 Å². The van der Waals surface area contributed by atoms with Crippen LogP contribution in [0.1, 0.15) is 5.89 Å². The quantitative estimate of drug-likeness (QED) is 0.930. The Kier molecular flexibility index (Phi) is 3.18. The van der Waals surface area contributed by atoms with E-state index < -0.39 is 0 Å². The van der Waals surface area contributed by atoms with E-state index in [1.165, 1.54) is 0 Å². The molecule has 4 heteroatoms. The molecule has 0 spiro atoms. The number of nitrogens with zero attached hydrogens (tertiary/aromatic N) is 1. The van der Waals surface area contributed by atoms with Crippen LogP contribution in [0.2, 0.25) is 0 Å². The Morgan fingerprint density at radius 2 is 2.27 bits per heavy atom. The zero-order chi connectivity index (χ0) is 10.7. The van der Waals surface area contributed by atoms with Crippen LogP contribution in [0.5, 0.6) is 0 Å². The lowest BCUT2D eigenvalue weighted by atomic mass is 10.2. The molecule has 0 fully saturated rings. The average molecular weight is 268 g/mol. The number of aliphatic hydroxyl groups is 1. The Bertz CT molecular complexity index is 453. The van der Waals surface area contributed by atoms with Crippen molar-refractivity contribution in [1.82, 2.24) is 4.98 Å². The molecule has 15 heavy (non-hydrogen) atoms. The molecule has 0 aliphatic rings. The van der Waals surface area contributed by atoms with Gasteiger partial charge in [0.2, 0.25) is 0 Å². The summed E-state index contributed by atoms with van der Waals surface area (Å²) in [6.45, 7) is 0.0540. The largest absolute Gasteiger partial charge is 0.448 e. The average Bonchev–Trinajstić information content (AvgIpc) is 2.67. The maximum atomic E-state index is 8.74. The third kappa shape index (κ3) is 2.46. The normalized spacial score (nSPS) is 10.5. The second-order valence-electron chi connectivity index (χ2n) is 3.11. The van der Waals surface area contributed by atoms with Crippen LogP contribution >= 0.6 is 15.9 Å². The van der Waals surface area contributed by atoms with E-state index in [9.17, 15) is 0 Å². The molecular weight excluding hydrogens is 258 g/mol. The van der Waals surface area contributed by atoms with Crippen LogP contribution in [0.15, 0.2) is 39.4 Å². The number of halogens is 1. The maximum Gasteiger partial charge on any atom is 0.196 e. The molecule has 3 nitrogen and oxygen atoms in total. The van der Waals surface area contributed by atoms with Crippen molar-refractivity contribution in [2.75, 3.05) is 6.61 Å². The van der Waals surface area contributed by atoms with Crippen molar-refractivity contribution in [3.63, 3.8) is 0 Å². The minimum atomic E-state index is 0.0540. The number of aromatic nitrogens is 1. The molecule has 0 aliphatic heterocycles. The van der Waals surface area contributed by atoms with Crippen LogP contribution in [0.25, 0.3) is 11.3 Å². The molecule has 1 heterocycles. The summed E-state index contributed by atoms with van der Waals surface area (Å²) in [4.78, 5) is 4.26. The van der Waals surface area contributed by atoms with Gasteiger partial charge in [0.1, 0.15) is 12.0 Å². The van der Waals surface area contributed by atoms with Gasteiger partial charge in [0.15, 0.2) is 5.89 Å². The lowest BCUT2D eigenvalue weighted by Gasteiger charge is -1.95. The summed E-state index contributed by atoms with van der Waals surface area (Å²) in [6.07, 6.45) is 2.06. The third-order valence-electron chi connectivity index (χ3n) is 2.00. The fraction of sp³-hybridized carbons (Fsp3) is 0.182. The van der Waals surface area contributed by atoms with E-state index in [2.05, 4.69) is 20.9 Å². The van der Waals surface area contributed by atoms with Gasteiger partial charge in [-0.15, -0.1) is 0 Å². The topological polar surface area (TPSA) is 46.3 Å². The van der Waals surface area contributed by atoms with E-state index in [0.29, 0.717) is 12.3 Å². The predicted octanol–water partition coefficient (Wildman–Crippen LogP) is 2.64. The van der Waals surface area contributed by atoms with Crippen LogP contribution in [-0.2, 0) is 6.42 Å². The van der Waals surface area contributed by atoms with E-state index in [4.69, 9.17) is 9.52 Å². The van der Waals surface area contributed by atoms with Gasteiger partial charge in [-0.05, 0) is 12.1 Å². The number of oxazole rings is 1. The third-order valence-corrected chi connectivity index (χ3v) is 2.49. The van der Waals surface area contributed by atoms with Crippen molar-refractivity contribution in [2.24, 2.45) is 0 Å². The molecule has 0 bridgehead atoms. The number of rotatable bonds is 3. The molecule has 2 aromatic rings. The lowest BCUT2D eigenvalue weighted by molar-refractivity contribution is 0.285. The fourth-order valence-electron chi connectivity index (χ4n) is 1.30. The molecule has 0 saturated heterocycles. The van der Waals surface area contributed by atoms with E-state index in [0.717, 1.165) is 15.7 Å². The van der Waals surface area contributed by atoms with Crippen molar-refractivity contribution in [2.45, 2.75) is 6.42 Å². The highest BCUT2D eigenvalue weighted by Gasteiger charge is 2.05. The number of benzene rings is 1. The molecule has 0 atom stereocenters. The molecule has 0 radical (unpaired) electrons. The number of aliphatic hydroxyl groups excluding tert-OH is 1. The Balaban J connectivity index is 2.29. The van der Waals surface area contributed by atoms with Gasteiger partial charge in [-0.25, -0.2) is 4.98 Å². The highest BCUT2D eigenvalue weighted by atomic mass is 79.9. The van der Waals surface area contributed by atoms with Crippen LogP contribution in [0.3, 0.4) is 0 Å². The van der Waals surface area contributed by atoms with Crippen molar-refractivity contribution in [3.8, 4) is 11.3 Å². The molecule has 1 N–H and O–H groups in total. The van der Waals surface area contributed by atoms with Crippen molar-refractivity contribution >= 4 is 15.9 Å². The Hall–Kier alpha value is -1.13. The molecule has 1 aromatic carbocycles. The van der Waals surface area contributed by atoms with E-state index in [1.807, 2.05) is 24.3 Å². The number of hydrogen-bond donors (Lipinski definition) is 1. The van der Waals surface area contributed by atoms with Gasteiger partial charge in [0.25, 0.3) is 0 Å². The summed E-state index contributed by atoms with van der Waals surface area (Å²) in [6, 6.07) is 7.84.